The molecule has 3 rings (SSSR count). The average molecular weight is 204 g/mol. The van der Waals surface area contributed by atoms with E-state index in [1.54, 1.807) is 16.8 Å². The van der Waals surface area contributed by atoms with E-state index in [1.807, 2.05) is 6.33 Å². The maximum Gasteiger partial charge on any atom is 0.278 e. The first-order valence-corrected chi connectivity index (χ1v) is 5.07. The second-order valence-corrected chi connectivity index (χ2v) is 3.75. The number of hydrogen-bond donors (Lipinski definition) is 0. The van der Waals surface area contributed by atoms with Gasteiger partial charge >= 0.3 is 0 Å². The minimum absolute atomic E-state index is 0.217. The molecule has 0 radical (unpaired) electrons. The number of nitrogens with zero attached hydrogens (tertiary/aromatic N) is 3. The van der Waals surface area contributed by atoms with E-state index in [0.29, 0.717) is 0 Å². The van der Waals surface area contributed by atoms with Crippen LogP contribution in [0.3, 0.4) is 0 Å². The Balaban J connectivity index is 2.02. The van der Waals surface area contributed by atoms with Gasteiger partial charge in [-0.2, -0.15) is 0 Å². The standard InChI is InChI=1S/C11H11FN3/c12-9-3-5-10(6-4-9)15-8-14-7-1-2-11(14)13-15/h3-6,8H,1-2,7H2/q+1. The first-order valence-electron chi connectivity index (χ1n) is 5.07. The maximum atomic E-state index is 12.7. The molecule has 0 saturated heterocycles. The van der Waals surface area contributed by atoms with Gasteiger partial charge in [0, 0.05) is 11.5 Å². The van der Waals surface area contributed by atoms with E-state index in [2.05, 4.69) is 9.67 Å². The summed E-state index contributed by atoms with van der Waals surface area (Å²) in [6.45, 7) is 1.04. The van der Waals surface area contributed by atoms with Gasteiger partial charge in [0.1, 0.15) is 11.5 Å². The third-order valence-corrected chi connectivity index (χ3v) is 2.69. The highest BCUT2D eigenvalue weighted by molar-refractivity contribution is 5.29. The third-order valence-electron chi connectivity index (χ3n) is 2.69. The highest BCUT2D eigenvalue weighted by Gasteiger charge is 2.22. The molecule has 0 saturated carbocycles. The topological polar surface area (TPSA) is 21.7 Å². The lowest BCUT2D eigenvalue weighted by molar-refractivity contribution is -0.691. The summed E-state index contributed by atoms with van der Waals surface area (Å²) >= 11 is 0. The zero-order chi connectivity index (χ0) is 10.3. The molecule has 76 valence electrons. The molecule has 1 aliphatic heterocycles. The molecule has 3 nitrogen and oxygen atoms in total. The maximum absolute atomic E-state index is 12.7. The van der Waals surface area contributed by atoms with Crippen LogP contribution in [0.4, 0.5) is 4.39 Å². The summed E-state index contributed by atoms with van der Waals surface area (Å²) in [6.07, 6.45) is 4.18. The largest absolute Gasteiger partial charge is 0.278 e. The highest BCUT2D eigenvalue weighted by Crippen LogP contribution is 2.09. The summed E-state index contributed by atoms with van der Waals surface area (Å²) in [4.78, 5) is 0. The molecule has 0 N–H and O–H groups in total. The summed E-state index contributed by atoms with van der Waals surface area (Å²) in [6, 6.07) is 6.37. The lowest BCUT2D eigenvalue weighted by Gasteiger charge is -1.92. The van der Waals surface area contributed by atoms with Crippen molar-refractivity contribution in [3.05, 3.63) is 42.2 Å². The first-order chi connectivity index (χ1) is 7.33. The van der Waals surface area contributed by atoms with E-state index in [0.717, 1.165) is 24.5 Å². The van der Waals surface area contributed by atoms with Gasteiger partial charge in [0.2, 0.25) is 6.33 Å². The zero-order valence-corrected chi connectivity index (χ0v) is 8.23. The fourth-order valence-electron chi connectivity index (χ4n) is 1.91. The van der Waals surface area contributed by atoms with Crippen molar-refractivity contribution in [3.8, 4) is 5.69 Å². The summed E-state index contributed by atoms with van der Waals surface area (Å²) in [5.74, 6) is 0.894. The molecule has 2 aromatic rings. The number of rotatable bonds is 1. The molecule has 1 aromatic carbocycles. The molecular weight excluding hydrogens is 193 g/mol. The monoisotopic (exact) mass is 204 g/mol. The minimum atomic E-state index is -0.217. The van der Waals surface area contributed by atoms with E-state index in [9.17, 15) is 4.39 Å². The Morgan fingerprint density at radius 3 is 2.80 bits per heavy atom. The molecule has 1 aromatic heterocycles. The van der Waals surface area contributed by atoms with Gasteiger partial charge in [0.15, 0.2) is 0 Å². The number of halogens is 1. The van der Waals surface area contributed by atoms with Crippen molar-refractivity contribution >= 4 is 0 Å². The number of fused-ring (bicyclic) bond motifs is 1. The van der Waals surface area contributed by atoms with Crippen molar-refractivity contribution < 1.29 is 8.96 Å². The summed E-state index contributed by atoms with van der Waals surface area (Å²) in [5, 5.41) is 4.45. The minimum Gasteiger partial charge on any atom is -0.234 e. The van der Waals surface area contributed by atoms with Crippen LogP contribution in [-0.4, -0.2) is 9.78 Å². The van der Waals surface area contributed by atoms with E-state index in [-0.39, 0.29) is 5.82 Å². The molecule has 0 amide bonds. The van der Waals surface area contributed by atoms with Gasteiger partial charge in [-0.25, -0.2) is 8.96 Å². The molecule has 15 heavy (non-hydrogen) atoms. The zero-order valence-electron chi connectivity index (χ0n) is 8.23. The second-order valence-electron chi connectivity index (χ2n) is 3.75. The van der Waals surface area contributed by atoms with Gasteiger partial charge in [-0.05, 0) is 30.7 Å². The molecule has 1 aliphatic rings. The van der Waals surface area contributed by atoms with E-state index < -0.39 is 0 Å². The molecule has 0 spiro atoms. The lowest BCUT2D eigenvalue weighted by Crippen LogP contribution is -2.29. The predicted octanol–water partition coefficient (Wildman–Crippen LogP) is 1.25. The number of aryl methyl sites for hydroxylation is 2. The van der Waals surface area contributed by atoms with Gasteiger partial charge in [-0.15, -0.1) is 0 Å². The van der Waals surface area contributed by atoms with Crippen LogP contribution in [0.1, 0.15) is 12.2 Å². The fourth-order valence-corrected chi connectivity index (χ4v) is 1.91. The quantitative estimate of drug-likeness (QED) is 0.640. The van der Waals surface area contributed by atoms with Crippen LogP contribution in [-0.2, 0) is 13.0 Å². The number of aromatic nitrogens is 3. The van der Waals surface area contributed by atoms with Crippen LogP contribution in [0.5, 0.6) is 0 Å². The van der Waals surface area contributed by atoms with Crippen LogP contribution < -0.4 is 4.57 Å². The van der Waals surface area contributed by atoms with Gasteiger partial charge in [-0.3, -0.25) is 0 Å². The van der Waals surface area contributed by atoms with Crippen LogP contribution >= 0.6 is 0 Å². The Kier molecular flexibility index (Phi) is 1.80. The van der Waals surface area contributed by atoms with Crippen LogP contribution in [0.25, 0.3) is 5.69 Å². The van der Waals surface area contributed by atoms with E-state index >= 15 is 0 Å². The van der Waals surface area contributed by atoms with E-state index in [1.165, 1.54) is 18.6 Å². The van der Waals surface area contributed by atoms with Gasteiger partial charge in [-0.1, -0.05) is 4.68 Å². The lowest BCUT2D eigenvalue weighted by atomic mass is 10.3. The Labute approximate surface area is 86.8 Å². The van der Waals surface area contributed by atoms with E-state index in [4.69, 9.17) is 0 Å². The number of benzene rings is 1. The molecule has 4 heteroatoms. The summed E-state index contributed by atoms with van der Waals surface area (Å²) < 4.78 is 16.7. The molecular formula is C11H11FN3+. The van der Waals surface area contributed by atoms with Crippen molar-refractivity contribution in [1.29, 1.82) is 0 Å². The van der Waals surface area contributed by atoms with Gasteiger partial charge < -0.3 is 0 Å². The number of hydrogen-bond acceptors (Lipinski definition) is 1. The molecule has 2 heterocycles. The van der Waals surface area contributed by atoms with Crippen molar-refractivity contribution in [1.82, 2.24) is 9.78 Å². The SMILES string of the molecule is Fc1ccc(-n2c[n+]3c(n2)CCC3)cc1. The summed E-state index contributed by atoms with van der Waals surface area (Å²) in [5.41, 5.74) is 0.901. The average Bonchev–Trinajstić information content (AvgIpc) is 2.78. The van der Waals surface area contributed by atoms with Crippen molar-refractivity contribution in [2.24, 2.45) is 0 Å². The van der Waals surface area contributed by atoms with Crippen molar-refractivity contribution in [3.63, 3.8) is 0 Å². The molecule has 0 bridgehead atoms. The molecule has 0 aliphatic carbocycles. The fraction of sp³-hybridized carbons (Fsp3) is 0.273. The van der Waals surface area contributed by atoms with Gasteiger partial charge in [0.05, 0.1) is 6.54 Å². The van der Waals surface area contributed by atoms with Crippen LogP contribution in [0.2, 0.25) is 0 Å². The van der Waals surface area contributed by atoms with Gasteiger partial charge in [0.25, 0.3) is 5.82 Å². The van der Waals surface area contributed by atoms with Crippen LogP contribution in [0.15, 0.2) is 30.6 Å². The smallest absolute Gasteiger partial charge is 0.234 e. The predicted molar refractivity (Wildman–Crippen MR) is 52.0 cm³/mol. The highest BCUT2D eigenvalue weighted by atomic mass is 19.1. The van der Waals surface area contributed by atoms with Crippen molar-refractivity contribution in [2.75, 3.05) is 0 Å². The Bertz CT molecular complexity index is 466. The van der Waals surface area contributed by atoms with Crippen molar-refractivity contribution in [2.45, 2.75) is 19.4 Å². The van der Waals surface area contributed by atoms with Crippen LogP contribution in [0, 0.1) is 5.82 Å². The molecule has 0 atom stereocenters. The Morgan fingerprint density at radius 2 is 2.07 bits per heavy atom. The normalized spacial score (nSPS) is 14.2. The molecule has 0 unspecified atom stereocenters. The molecule has 0 fully saturated rings. The Hall–Kier alpha value is -1.71. The summed E-state index contributed by atoms with van der Waals surface area (Å²) in [7, 11) is 0. The third kappa shape index (κ3) is 1.42. The second kappa shape index (κ2) is 3.15. The first kappa shape index (κ1) is 8.59. The Morgan fingerprint density at radius 1 is 1.27 bits per heavy atom.